The predicted molar refractivity (Wildman–Crippen MR) is 107 cm³/mol. The molecule has 0 bridgehead atoms. The zero-order valence-corrected chi connectivity index (χ0v) is 20.7. The van der Waals surface area contributed by atoms with Crippen molar-refractivity contribution in [2.24, 2.45) is 9.98 Å². The van der Waals surface area contributed by atoms with Crippen molar-refractivity contribution in [2.45, 2.75) is 61.9 Å². The van der Waals surface area contributed by atoms with Crippen LogP contribution in [0.3, 0.4) is 0 Å². The summed E-state index contributed by atoms with van der Waals surface area (Å²) in [5.41, 5.74) is 7.93. The first kappa shape index (κ1) is 20.9. The van der Waals surface area contributed by atoms with Gasteiger partial charge in [-0.25, -0.2) is 0 Å². The van der Waals surface area contributed by atoms with Gasteiger partial charge in [0.05, 0.1) is 0 Å². The molecule has 0 aromatic carbocycles. The van der Waals surface area contributed by atoms with Gasteiger partial charge in [0, 0.05) is 0 Å². The van der Waals surface area contributed by atoms with E-state index in [1.165, 1.54) is 33.7 Å². The third-order valence-electron chi connectivity index (χ3n) is 7.11. The first-order valence-electron chi connectivity index (χ1n) is 9.13. The molecule has 0 saturated carbocycles. The monoisotopic (exact) mass is 422 g/mol. The summed E-state index contributed by atoms with van der Waals surface area (Å²) in [7, 11) is 9.02. The Kier molecular flexibility index (Phi) is 5.32. The number of hydrogen-bond acceptors (Lipinski definition) is 4. The SMILES string of the molecule is CC1=N[C](C)([Zr]([N](C)C)([N](C)C)[C]2(C)N=C(C)C(C)=C2C)C(C)=C1C. The van der Waals surface area contributed by atoms with Crippen LogP contribution in [0.5, 0.6) is 0 Å². The van der Waals surface area contributed by atoms with Crippen molar-refractivity contribution in [1.29, 1.82) is 0 Å². The van der Waals surface area contributed by atoms with E-state index in [1.807, 2.05) is 0 Å². The van der Waals surface area contributed by atoms with Gasteiger partial charge >= 0.3 is 160 Å². The van der Waals surface area contributed by atoms with Gasteiger partial charge in [-0.1, -0.05) is 0 Å². The average molecular weight is 424 g/mol. The first-order valence-corrected chi connectivity index (χ1v) is 13.8. The van der Waals surface area contributed by atoms with E-state index in [0.717, 1.165) is 0 Å². The van der Waals surface area contributed by atoms with Crippen molar-refractivity contribution < 1.29 is 20.8 Å². The molecule has 0 aromatic rings. The van der Waals surface area contributed by atoms with Crippen LogP contribution in [0.15, 0.2) is 32.3 Å². The molecule has 2 aliphatic rings. The quantitative estimate of drug-likeness (QED) is 0.680. The molecule has 2 aliphatic heterocycles. The molecule has 0 fully saturated rings. The minimum absolute atomic E-state index is 0.180. The van der Waals surface area contributed by atoms with Crippen LogP contribution in [-0.2, 0) is 20.8 Å². The van der Waals surface area contributed by atoms with Gasteiger partial charge in [-0.3, -0.25) is 0 Å². The van der Waals surface area contributed by atoms with Gasteiger partial charge in [0.25, 0.3) is 0 Å². The fourth-order valence-corrected chi connectivity index (χ4v) is 23.5. The van der Waals surface area contributed by atoms with Crippen molar-refractivity contribution in [3.05, 3.63) is 22.3 Å². The normalized spacial score (nSPS) is 30.8. The van der Waals surface area contributed by atoms with E-state index in [0.29, 0.717) is 0 Å². The van der Waals surface area contributed by atoms with Crippen LogP contribution in [0.4, 0.5) is 0 Å². The Bertz CT molecular complexity index is 664. The second kappa shape index (κ2) is 6.35. The Balaban J connectivity index is 2.94. The van der Waals surface area contributed by atoms with Crippen LogP contribution in [0.1, 0.15) is 55.4 Å². The van der Waals surface area contributed by atoms with E-state index in [4.69, 9.17) is 9.98 Å². The Morgan fingerprint density at radius 2 is 0.920 bits per heavy atom. The molecular formula is C20H36N4Zr. The molecule has 2 unspecified atom stereocenters. The third-order valence-corrected chi connectivity index (χ3v) is 22.5. The average Bonchev–Trinajstić information content (AvgIpc) is 2.80. The Labute approximate surface area is 160 Å². The van der Waals surface area contributed by atoms with E-state index in [-0.39, 0.29) is 6.49 Å². The van der Waals surface area contributed by atoms with Crippen LogP contribution < -0.4 is 0 Å². The molecule has 5 heteroatoms. The fraction of sp³-hybridized carbons (Fsp3) is 0.700. The van der Waals surface area contributed by atoms with Crippen molar-refractivity contribution in [2.75, 3.05) is 28.2 Å². The van der Waals surface area contributed by atoms with Crippen LogP contribution in [0.25, 0.3) is 0 Å². The van der Waals surface area contributed by atoms with Gasteiger partial charge in [0.15, 0.2) is 0 Å². The summed E-state index contributed by atoms with van der Waals surface area (Å²) >= 11 is -3.49. The fourth-order valence-electron chi connectivity index (χ4n) is 5.57. The van der Waals surface area contributed by atoms with E-state index < -0.39 is 20.8 Å². The minimum atomic E-state index is -3.49. The second-order valence-corrected chi connectivity index (χ2v) is 21.0. The summed E-state index contributed by atoms with van der Waals surface area (Å²) in [4.78, 5) is 10.7. The molecule has 0 saturated heterocycles. The summed E-state index contributed by atoms with van der Waals surface area (Å²) in [5, 5.41) is 0. The van der Waals surface area contributed by atoms with Gasteiger partial charge in [-0.15, -0.1) is 0 Å². The van der Waals surface area contributed by atoms with Crippen molar-refractivity contribution in [1.82, 2.24) is 5.69 Å². The van der Waals surface area contributed by atoms with E-state index in [2.05, 4.69) is 89.3 Å². The Morgan fingerprint density at radius 1 is 0.640 bits per heavy atom. The van der Waals surface area contributed by atoms with Crippen LogP contribution >= 0.6 is 0 Å². The maximum atomic E-state index is 5.33. The van der Waals surface area contributed by atoms with Crippen molar-refractivity contribution in [3.63, 3.8) is 0 Å². The Hall–Kier alpha value is -0.377. The van der Waals surface area contributed by atoms with E-state index in [9.17, 15) is 0 Å². The standard InChI is InChI=1S/2C8H12N.2C2H6N.Zr/c2*1-5-6(2)8(4)9-7(5)3;2*1-3-2;/h2*1-4H3;2*1-2H3;/q;;2*-1;+2. The van der Waals surface area contributed by atoms with Gasteiger partial charge < -0.3 is 0 Å². The molecule has 0 spiro atoms. The van der Waals surface area contributed by atoms with Gasteiger partial charge in [-0.05, 0) is 0 Å². The molecule has 4 nitrogen and oxygen atoms in total. The zero-order chi connectivity index (χ0) is 19.5. The number of rotatable bonds is 4. The Morgan fingerprint density at radius 3 is 1.08 bits per heavy atom. The van der Waals surface area contributed by atoms with Crippen LogP contribution in [0.2, 0.25) is 0 Å². The summed E-state index contributed by atoms with van der Waals surface area (Å²) < 4.78 is 4.71. The van der Waals surface area contributed by atoms with Gasteiger partial charge in [0.1, 0.15) is 0 Å². The predicted octanol–water partition coefficient (Wildman–Crippen LogP) is 4.15. The summed E-state index contributed by atoms with van der Waals surface area (Å²) in [5.74, 6) is 0. The maximum absolute atomic E-state index is 5.33. The summed E-state index contributed by atoms with van der Waals surface area (Å²) in [6.45, 7) is 18.1. The molecule has 25 heavy (non-hydrogen) atoms. The van der Waals surface area contributed by atoms with Crippen molar-refractivity contribution >= 4 is 11.4 Å². The van der Waals surface area contributed by atoms with E-state index in [1.54, 1.807) is 0 Å². The number of hydrogen-bond donors (Lipinski definition) is 0. The van der Waals surface area contributed by atoms with Crippen LogP contribution in [-0.4, -0.2) is 51.8 Å². The third kappa shape index (κ3) is 2.42. The molecule has 0 radical (unpaired) electrons. The summed E-state index contributed by atoms with van der Waals surface area (Å²) in [6.07, 6.45) is 0. The molecule has 0 aromatic heterocycles. The second-order valence-electron chi connectivity index (χ2n) is 8.50. The molecule has 0 amide bonds. The molecular weight excluding hydrogens is 387 g/mol. The zero-order valence-electron chi connectivity index (χ0n) is 18.3. The topological polar surface area (TPSA) is 31.2 Å². The first-order chi connectivity index (χ1) is 11.3. The van der Waals surface area contributed by atoms with E-state index >= 15 is 0 Å². The molecule has 0 aliphatic carbocycles. The molecule has 2 atom stereocenters. The molecule has 0 N–H and O–H groups in total. The summed E-state index contributed by atoms with van der Waals surface area (Å²) in [6, 6.07) is 0. The van der Waals surface area contributed by atoms with Gasteiger partial charge in [-0.2, -0.15) is 0 Å². The number of aliphatic imine (C=N–C) groups is 2. The van der Waals surface area contributed by atoms with Gasteiger partial charge in [0.2, 0.25) is 0 Å². The molecule has 2 rings (SSSR count). The number of allylic oxidation sites excluding steroid dienone is 2. The molecule has 140 valence electrons. The molecule has 2 heterocycles. The van der Waals surface area contributed by atoms with Crippen molar-refractivity contribution in [3.8, 4) is 0 Å². The van der Waals surface area contributed by atoms with Crippen LogP contribution in [0, 0.1) is 0 Å². The number of nitrogens with zero attached hydrogens (tertiary/aromatic N) is 4.